The van der Waals surface area contributed by atoms with Crippen molar-refractivity contribution in [3.63, 3.8) is 0 Å². The van der Waals surface area contributed by atoms with Gasteiger partial charge in [-0.2, -0.15) is 0 Å². The molecule has 0 amide bonds. The van der Waals surface area contributed by atoms with Gasteiger partial charge in [0.2, 0.25) is 0 Å². The SMILES string of the molecule is O=C(O)C1=CCC2=C(C1)[C@H]1C[C@@H]2C[C@@H]1O. The Labute approximate surface area is 88.1 Å². The van der Waals surface area contributed by atoms with Crippen LogP contribution in [0.4, 0.5) is 0 Å². The minimum atomic E-state index is -0.807. The van der Waals surface area contributed by atoms with Gasteiger partial charge in [0.25, 0.3) is 0 Å². The summed E-state index contributed by atoms with van der Waals surface area (Å²) >= 11 is 0. The molecule has 15 heavy (non-hydrogen) atoms. The zero-order valence-corrected chi connectivity index (χ0v) is 8.44. The quantitative estimate of drug-likeness (QED) is 0.639. The Morgan fingerprint density at radius 2 is 2.13 bits per heavy atom. The summed E-state index contributed by atoms with van der Waals surface area (Å²) in [6.07, 6.45) is 4.91. The molecule has 3 aliphatic rings. The molecule has 3 aliphatic carbocycles. The highest BCUT2D eigenvalue weighted by Crippen LogP contribution is 2.53. The molecule has 2 N–H and O–H groups in total. The Kier molecular flexibility index (Phi) is 1.80. The second kappa shape index (κ2) is 2.95. The number of hydrogen-bond acceptors (Lipinski definition) is 2. The van der Waals surface area contributed by atoms with Gasteiger partial charge in [0.15, 0.2) is 0 Å². The van der Waals surface area contributed by atoms with Gasteiger partial charge in [-0.25, -0.2) is 4.79 Å². The van der Waals surface area contributed by atoms with Gasteiger partial charge < -0.3 is 10.2 Å². The third kappa shape index (κ3) is 1.19. The van der Waals surface area contributed by atoms with Crippen LogP contribution in [0, 0.1) is 11.8 Å². The van der Waals surface area contributed by atoms with Crippen molar-refractivity contribution in [2.24, 2.45) is 11.8 Å². The van der Waals surface area contributed by atoms with Gasteiger partial charge in [-0.1, -0.05) is 17.2 Å². The van der Waals surface area contributed by atoms with Crippen molar-refractivity contribution in [1.29, 1.82) is 0 Å². The summed E-state index contributed by atoms with van der Waals surface area (Å²) in [5.41, 5.74) is 3.17. The molecule has 3 nitrogen and oxygen atoms in total. The Balaban J connectivity index is 1.89. The number of hydrogen-bond donors (Lipinski definition) is 2. The Bertz CT molecular complexity index is 392. The van der Waals surface area contributed by atoms with E-state index in [0.29, 0.717) is 17.9 Å². The fraction of sp³-hybridized carbons (Fsp3) is 0.583. The molecule has 80 valence electrons. The van der Waals surface area contributed by atoms with Gasteiger partial charge in [0.1, 0.15) is 0 Å². The summed E-state index contributed by atoms with van der Waals surface area (Å²) in [7, 11) is 0. The van der Waals surface area contributed by atoms with E-state index in [-0.39, 0.29) is 12.0 Å². The average Bonchev–Trinajstić information content (AvgIpc) is 2.74. The van der Waals surface area contributed by atoms with Crippen molar-refractivity contribution >= 4 is 5.97 Å². The van der Waals surface area contributed by atoms with E-state index in [1.807, 2.05) is 6.08 Å². The summed E-state index contributed by atoms with van der Waals surface area (Å²) in [6, 6.07) is 0. The van der Waals surface area contributed by atoms with Crippen molar-refractivity contribution in [1.82, 2.24) is 0 Å². The van der Waals surface area contributed by atoms with Crippen LogP contribution in [-0.2, 0) is 4.79 Å². The van der Waals surface area contributed by atoms with Crippen LogP contribution >= 0.6 is 0 Å². The molecule has 0 saturated heterocycles. The molecule has 3 atom stereocenters. The van der Waals surface area contributed by atoms with E-state index < -0.39 is 5.97 Å². The number of allylic oxidation sites excluding steroid dienone is 2. The molecule has 2 bridgehead atoms. The lowest BCUT2D eigenvalue weighted by Crippen LogP contribution is -2.22. The first kappa shape index (κ1) is 9.16. The Morgan fingerprint density at radius 1 is 1.33 bits per heavy atom. The van der Waals surface area contributed by atoms with Gasteiger partial charge in [-0.3, -0.25) is 0 Å². The maximum absolute atomic E-state index is 10.9. The molecule has 0 aromatic heterocycles. The highest BCUT2D eigenvalue weighted by molar-refractivity contribution is 5.87. The Morgan fingerprint density at radius 3 is 2.87 bits per heavy atom. The minimum Gasteiger partial charge on any atom is -0.478 e. The maximum atomic E-state index is 10.9. The lowest BCUT2D eigenvalue weighted by atomic mass is 9.81. The van der Waals surface area contributed by atoms with Crippen molar-refractivity contribution in [2.75, 3.05) is 0 Å². The van der Waals surface area contributed by atoms with Crippen molar-refractivity contribution in [3.05, 3.63) is 22.8 Å². The summed E-state index contributed by atoms with van der Waals surface area (Å²) in [6.45, 7) is 0. The number of carboxylic acids is 1. The van der Waals surface area contributed by atoms with Crippen molar-refractivity contribution in [3.8, 4) is 0 Å². The van der Waals surface area contributed by atoms with Crippen LogP contribution in [0.2, 0.25) is 0 Å². The number of carbonyl (C=O) groups is 1. The molecule has 3 heteroatoms. The zero-order valence-electron chi connectivity index (χ0n) is 8.44. The first-order chi connectivity index (χ1) is 7.16. The van der Waals surface area contributed by atoms with Crippen LogP contribution < -0.4 is 0 Å². The fourth-order valence-corrected chi connectivity index (χ4v) is 3.39. The topological polar surface area (TPSA) is 57.5 Å². The van der Waals surface area contributed by atoms with Crippen molar-refractivity contribution in [2.45, 2.75) is 31.8 Å². The average molecular weight is 206 g/mol. The molecule has 3 rings (SSSR count). The molecule has 0 radical (unpaired) electrons. The van der Waals surface area contributed by atoms with E-state index in [1.165, 1.54) is 11.1 Å². The molecule has 0 aromatic carbocycles. The monoisotopic (exact) mass is 206 g/mol. The normalized spacial score (nSPS) is 37.9. The lowest BCUT2D eigenvalue weighted by molar-refractivity contribution is -0.132. The second-order valence-corrected chi connectivity index (χ2v) is 4.81. The van der Waals surface area contributed by atoms with E-state index in [4.69, 9.17) is 5.11 Å². The maximum Gasteiger partial charge on any atom is 0.331 e. The third-order valence-corrected chi connectivity index (χ3v) is 4.11. The smallest absolute Gasteiger partial charge is 0.331 e. The van der Waals surface area contributed by atoms with Crippen LogP contribution in [0.5, 0.6) is 0 Å². The number of aliphatic hydroxyl groups excluding tert-OH is 1. The molecule has 0 spiro atoms. The second-order valence-electron chi connectivity index (χ2n) is 4.81. The van der Waals surface area contributed by atoms with E-state index in [9.17, 15) is 9.90 Å². The fourth-order valence-electron chi connectivity index (χ4n) is 3.39. The number of aliphatic carboxylic acids is 1. The van der Waals surface area contributed by atoms with Gasteiger partial charge in [-0.15, -0.1) is 0 Å². The molecule has 0 aromatic rings. The summed E-state index contributed by atoms with van der Waals surface area (Å²) in [5.74, 6) is -0.0153. The minimum absolute atomic E-state index is 0.220. The summed E-state index contributed by atoms with van der Waals surface area (Å²) in [5, 5.41) is 18.7. The van der Waals surface area contributed by atoms with E-state index >= 15 is 0 Å². The predicted molar refractivity (Wildman–Crippen MR) is 54.2 cm³/mol. The number of rotatable bonds is 1. The third-order valence-electron chi connectivity index (χ3n) is 4.11. The molecular formula is C12H14O3. The number of fused-ring (bicyclic) bond motifs is 4. The first-order valence-electron chi connectivity index (χ1n) is 5.49. The van der Waals surface area contributed by atoms with E-state index in [1.54, 1.807) is 0 Å². The number of carboxylic acid groups (broad SMARTS) is 1. The first-order valence-corrected chi connectivity index (χ1v) is 5.49. The predicted octanol–water partition coefficient (Wildman–Crippen LogP) is 1.49. The molecule has 0 aliphatic heterocycles. The van der Waals surface area contributed by atoms with Gasteiger partial charge in [-0.05, 0) is 25.2 Å². The number of aliphatic hydroxyl groups is 1. The van der Waals surface area contributed by atoms with Crippen LogP contribution in [0.25, 0.3) is 0 Å². The van der Waals surface area contributed by atoms with Gasteiger partial charge in [0, 0.05) is 17.9 Å². The summed E-state index contributed by atoms with van der Waals surface area (Å²) in [4.78, 5) is 10.9. The van der Waals surface area contributed by atoms with Crippen LogP contribution in [0.3, 0.4) is 0 Å². The molecule has 0 unspecified atom stereocenters. The molecule has 1 saturated carbocycles. The van der Waals surface area contributed by atoms with Crippen molar-refractivity contribution < 1.29 is 15.0 Å². The van der Waals surface area contributed by atoms with Crippen LogP contribution in [0.15, 0.2) is 22.8 Å². The van der Waals surface area contributed by atoms with Gasteiger partial charge >= 0.3 is 5.97 Å². The highest BCUT2D eigenvalue weighted by atomic mass is 16.4. The standard InChI is InChI=1S/C12H14O3/c13-11-5-7-4-10(11)9-3-6(12(14)15)1-2-8(7)9/h1,7,10-11,13H,2-5H2,(H,14,15)/t7-,10-,11+/m1/s1. The van der Waals surface area contributed by atoms with E-state index in [0.717, 1.165) is 19.3 Å². The van der Waals surface area contributed by atoms with Gasteiger partial charge in [0.05, 0.1) is 6.10 Å². The van der Waals surface area contributed by atoms with E-state index in [2.05, 4.69) is 0 Å². The zero-order chi connectivity index (χ0) is 10.6. The molecular weight excluding hydrogens is 192 g/mol. The largest absolute Gasteiger partial charge is 0.478 e. The molecule has 1 fully saturated rings. The lowest BCUT2D eigenvalue weighted by Gasteiger charge is -2.26. The highest BCUT2D eigenvalue weighted by Gasteiger charge is 2.45. The Hall–Kier alpha value is -1.09. The summed E-state index contributed by atoms with van der Waals surface area (Å²) < 4.78 is 0. The van der Waals surface area contributed by atoms with Crippen LogP contribution in [-0.4, -0.2) is 22.3 Å². The van der Waals surface area contributed by atoms with Crippen LogP contribution in [0.1, 0.15) is 25.7 Å². The molecule has 0 heterocycles.